The van der Waals surface area contributed by atoms with Gasteiger partial charge < -0.3 is 32.1 Å². The van der Waals surface area contributed by atoms with Crippen LogP contribution in [0.5, 0.6) is 0 Å². The number of hydrogen-bond donors (Lipinski definition) is 6. The second kappa shape index (κ2) is 17.8. The maximum atomic E-state index is 13.5. The van der Waals surface area contributed by atoms with Crippen LogP contribution in [-0.2, 0) is 25.6 Å². The summed E-state index contributed by atoms with van der Waals surface area (Å²) >= 11 is 0. The molecule has 3 aromatic rings. The van der Waals surface area contributed by atoms with Crippen molar-refractivity contribution in [2.24, 2.45) is 11.7 Å². The second-order valence-electron chi connectivity index (χ2n) is 11.8. The molecule has 0 saturated carbocycles. The van der Waals surface area contributed by atoms with Gasteiger partial charge in [-0.1, -0.05) is 86.6 Å². The van der Waals surface area contributed by atoms with Gasteiger partial charge in [-0.15, -0.1) is 0 Å². The molecule has 11 nitrogen and oxygen atoms in total. The molecule has 5 amide bonds. The van der Waals surface area contributed by atoms with Crippen LogP contribution in [0.15, 0.2) is 84.9 Å². The lowest BCUT2D eigenvalue weighted by atomic mass is 10.00. The van der Waals surface area contributed by atoms with Crippen molar-refractivity contribution in [3.8, 4) is 11.1 Å². The van der Waals surface area contributed by atoms with Gasteiger partial charge in [-0.25, -0.2) is 0 Å². The van der Waals surface area contributed by atoms with Crippen molar-refractivity contribution >= 4 is 29.5 Å². The molecule has 0 aliphatic heterocycles. The lowest BCUT2D eigenvalue weighted by Crippen LogP contribution is -2.57. The highest BCUT2D eigenvalue weighted by atomic mass is 19.4. The Hall–Kier alpha value is -5.24. The van der Waals surface area contributed by atoms with Gasteiger partial charge in [0, 0.05) is 18.4 Å². The monoisotopic (exact) mass is 683 g/mol. The van der Waals surface area contributed by atoms with Crippen molar-refractivity contribution in [1.29, 1.82) is 0 Å². The third-order valence-electron chi connectivity index (χ3n) is 7.59. The minimum absolute atomic E-state index is 0.0201. The standard InChI is InChI=1S/C35H40F3N5O6/c1-21(2)30(43-32(47)25-15-13-24(14-16-25)23-11-7-4-8-12-23)34(49)42-27(19-22-9-5-3-6-10-22)33(48)40-20-29(45)41-26(17-18-28(39)44)31(46)35(36,37)38/h3-16,21,26-27,30-31,46H,17-20H2,1-2H3,(H2,39,44)(H,40,48)(H,41,45)(H,42,49)(H,43,47)/t26?,27-,30-,31?/m0/s1. The third-order valence-corrected chi connectivity index (χ3v) is 7.59. The number of amides is 5. The van der Waals surface area contributed by atoms with Crippen LogP contribution in [0.4, 0.5) is 13.2 Å². The molecule has 3 rings (SSSR count). The molecule has 0 bridgehead atoms. The van der Waals surface area contributed by atoms with E-state index in [2.05, 4.69) is 16.0 Å². The fourth-order valence-corrected chi connectivity index (χ4v) is 4.91. The lowest BCUT2D eigenvalue weighted by Gasteiger charge is -2.26. The summed E-state index contributed by atoms with van der Waals surface area (Å²) in [5.41, 5.74) is 7.84. The third kappa shape index (κ3) is 12.1. The van der Waals surface area contributed by atoms with Crippen molar-refractivity contribution in [3.63, 3.8) is 0 Å². The molecular formula is C35H40F3N5O6. The number of benzene rings is 3. The van der Waals surface area contributed by atoms with E-state index in [0.29, 0.717) is 11.1 Å². The quantitative estimate of drug-likeness (QED) is 0.135. The normalized spacial score (nSPS) is 13.8. The summed E-state index contributed by atoms with van der Waals surface area (Å²) in [7, 11) is 0. The predicted molar refractivity (Wildman–Crippen MR) is 175 cm³/mol. The Kier molecular flexibility index (Phi) is 13.9. The number of hydrogen-bond acceptors (Lipinski definition) is 6. The minimum Gasteiger partial charge on any atom is -0.382 e. The summed E-state index contributed by atoms with van der Waals surface area (Å²) < 4.78 is 39.4. The number of nitrogens with one attached hydrogen (secondary N) is 4. The molecular weight excluding hydrogens is 643 g/mol. The Labute approximate surface area is 281 Å². The number of halogens is 3. The van der Waals surface area contributed by atoms with Crippen LogP contribution in [0.25, 0.3) is 11.1 Å². The zero-order chi connectivity index (χ0) is 36.1. The Morgan fingerprint density at radius 2 is 1.35 bits per heavy atom. The van der Waals surface area contributed by atoms with Gasteiger partial charge in [0.05, 0.1) is 12.6 Å². The van der Waals surface area contributed by atoms with E-state index in [1.165, 1.54) is 0 Å². The summed E-state index contributed by atoms with van der Waals surface area (Å²) in [6.45, 7) is 2.62. The van der Waals surface area contributed by atoms with E-state index < -0.39 is 85.2 Å². The molecule has 14 heteroatoms. The van der Waals surface area contributed by atoms with Gasteiger partial charge in [0.25, 0.3) is 5.91 Å². The average molecular weight is 684 g/mol. The molecule has 0 fully saturated rings. The van der Waals surface area contributed by atoms with Crippen LogP contribution in [-0.4, -0.2) is 71.6 Å². The van der Waals surface area contributed by atoms with Gasteiger partial charge in [-0.2, -0.15) is 13.2 Å². The van der Waals surface area contributed by atoms with E-state index in [-0.39, 0.29) is 6.42 Å². The molecule has 0 saturated heterocycles. The first-order valence-electron chi connectivity index (χ1n) is 15.6. The van der Waals surface area contributed by atoms with Crippen molar-refractivity contribution in [1.82, 2.24) is 21.3 Å². The highest BCUT2D eigenvalue weighted by Gasteiger charge is 2.44. The maximum Gasteiger partial charge on any atom is 0.416 e. The van der Waals surface area contributed by atoms with E-state index in [0.717, 1.165) is 11.1 Å². The Bertz CT molecular complexity index is 1570. The van der Waals surface area contributed by atoms with E-state index in [4.69, 9.17) is 5.73 Å². The summed E-state index contributed by atoms with van der Waals surface area (Å²) in [5, 5.41) is 19.3. The van der Waals surface area contributed by atoms with Crippen LogP contribution in [0.2, 0.25) is 0 Å². The van der Waals surface area contributed by atoms with Gasteiger partial charge in [0.2, 0.25) is 23.6 Å². The van der Waals surface area contributed by atoms with Gasteiger partial charge in [-0.05, 0) is 41.2 Å². The van der Waals surface area contributed by atoms with Gasteiger partial charge in [-0.3, -0.25) is 24.0 Å². The van der Waals surface area contributed by atoms with Gasteiger partial charge >= 0.3 is 6.18 Å². The highest BCUT2D eigenvalue weighted by molar-refractivity contribution is 5.99. The number of rotatable bonds is 16. The largest absolute Gasteiger partial charge is 0.416 e. The number of carbonyl (C=O) groups excluding carboxylic acids is 5. The zero-order valence-corrected chi connectivity index (χ0v) is 27.0. The molecule has 0 aliphatic rings. The number of alkyl halides is 3. The highest BCUT2D eigenvalue weighted by Crippen LogP contribution is 2.24. The molecule has 7 N–H and O–H groups in total. The molecule has 2 unspecified atom stereocenters. The van der Waals surface area contributed by atoms with E-state index in [1.54, 1.807) is 68.4 Å². The SMILES string of the molecule is CC(C)[C@H](NC(=O)c1ccc(-c2ccccc2)cc1)C(=O)N[C@@H](Cc1ccccc1)C(=O)NCC(=O)NC(CCC(N)=O)C(O)C(F)(F)F. The first kappa shape index (κ1) is 38.2. The van der Waals surface area contributed by atoms with Crippen LogP contribution in [0.1, 0.15) is 42.6 Å². The van der Waals surface area contributed by atoms with Crippen molar-refractivity contribution in [2.45, 2.75) is 63.5 Å². The molecule has 262 valence electrons. The van der Waals surface area contributed by atoms with E-state index in [9.17, 15) is 42.3 Å². The minimum atomic E-state index is -5.10. The second-order valence-corrected chi connectivity index (χ2v) is 11.8. The molecule has 0 aromatic heterocycles. The predicted octanol–water partition coefficient (Wildman–Crippen LogP) is 2.63. The number of primary amides is 1. The first-order chi connectivity index (χ1) is 23.1. The summed E-state index contributed by atoms with van der Waals surface area (Å²) in [6, 6.07) is 20.8. The summed E-state index contributed by atoms with van der Waals surface area (Å²) in [4.78, 5) is 63.6. The molecule has 0 heterocycles. The lowest BCUT2D eigenvalue weighted by molar-refractivity contribution is -0.212. The number of aliphatic hydroxyl groups excluding tert-OH is 1. The molecule has 3 aromatic carbocycles. The maximum absolute atomic E-state index is 13.5. The van der Waals surface area contributed by atoms with E-state index >= 15 is 0 Å². The van der Waals surface area contributed by atoms with Crippen LogP contribution in [0.3, 0.4) is 0 Å². The Balaban J connectivity index is 1.70. The fraction of sp³-hybridized carbons (Fsp3) is 0.343. The van der Waals surface area contributed by atoms with Crippen LogP contribution in [0, 0.1) is 5.92 Å². The molecule has 4 atom stereocenters. The van der Waals surface area contributed by atoms with Gasteiger partial charge in [0.1, 0.15) is 12.1 Å². The van der Waals surface area contributed by atoms with Gasteiger partial charge in [0.15, 0.2) is 6.10 Å². The van der Waals surface area contributed by atoms with Crippen molar-refractivity contribution < 1.29 is 42.3 Å². The van der Waals surface area contributed by atoms with Crippen molar-refractivity contribution in [3.05, 3.63) is 96.1 Å². The zero-order valence-electron chi connectivity index (χ0n) is 27.0. The smallest absolute Gasteiger partial charge is 0.382 e. The molecule has 49 heavy (non-hydrogen) atoms. The topological polar surface area (TPSA) is 180 Å². The number of aliphatic hydroxyl groups is 1. The summed E-state index contributed by atoms with van der Waals surface area (Å²) in [6.07, 6.45) is -9.24. The molecule has 0 radical (unpaired) electrons. The van der Waals surface area contributed by atoms with Crippen LogP contribution >= 0.6 is 0 Å². The average Bonchev–Trinajstić information content (AvgIpc) is 3.07. The number of carbonyl (C=O) groups is 5. The first-order valence-corrected chi connectivity index (χ1v) is 15.6. The summed E-state index contributed by atoms with van der Waals surface area (Å²) in [5.74, 6) is -4.44. The molecule has 0 aliphatic carbocycles. The Morgan fingerprint density at radius 1 is 0.776 bits per heavy atom. The van der Waals surface area contributed by atoms with E-state index in [1.807, 2.05) is 35.6 Å². The fourth-order valence-electron chi connectivity index (χ4n) is 4.91. The molecule has 0 spiro atoms. The van der Waals surface area contributed by atoms with Crippen molar-refractivity contribution in [2.75, 3.05) is 6.54 Å². The number of nitrogens with two attached hydrogens (primary N) is 1. The van der Waals surface area contributed by atoms with Crippen LogP contribution < -0.4 is 27.0 Å². The Morgan fingerprint density at radius 3 is 1.90 bits per heavy atom.